The number of benzene rings is 2. The van der Waals surface area contributed by atoms with E-state index in [4.69, 9.17) is 0 Å². The number of allylic oxidation sites excluding steroid dienone is 1. The Hall–Kier alpha value is -2.86. The number of fused-ring (bicyclic) bond motifs is 1. The van der Waals surface area contributed by atoms with Crippen molar-refractivity contribution in [1.29, 1.82) is 0 Å². The minimum Gasteiger partial charge on any atom is -0.466 e. The van der Waals surface area contributed by atoms with Gasteiger partial charge in [-0.05, 0) is 65.6 Å². The normalized spacial score (nSPS) is 12.3. The van der Waals surface area contributed by atoms with E-state index in [0.717, 1.165) is 51.8 Å². The lowest BCUT2D eigenvalue weighted by Gasteiger charge is -2.06. The number of esters is 1. The summed E-state index contributed by atoms with van der Waals surface area (Å²) in [4.78, 5) is 12.4. The van der Waals surface area contributed by atoms with Gasteiger partial charge < -0.3 is 4.74 Å². The Labute approximate surface area is 196 Å². The molecule has 6 heteroatoms. The van der Waals surface area contributed by atoms with Crippen molar-refractivity contribution < 1.29 is 22.7 Å². The van der Waals surface area contributed by atoms with E-state index in [1.54, 1.807) is 12.1 Å². The number of hydrogen-bond donors (Lipinski definition) is 0. The maximum atomic E-state index is 13.1. The SMILES string of the molecule is CCCCc1c(CC=Cc2ccc(C=CC(=O)OC)c(C)c2)sc2cc(C(F)(F)F)ccc12. The van der Waals surface area contributed by atoms with Gasteiger partial charge in [0, 0.05) is 22.1 Å². The molecule has 0 bridgehead atoms. The molecule has 0 amide bonds. The first-order valence-corrected chi connectivity index (χ1v) is 11.7. The van der Waals surface area contributed by atoms with Crippen LogP contribution in [0.4, 0.5) is 13.2 Å². The average molecular weight is 473 g/mol. The number of carbonyl (C=O) groups is 1. The molecule has 2 aromatic carbocycles. The molecule has 3 aromatic rings. The van der Waals surface area contributed by atoms with Crippen LogP contribution in [0.3, 0.4) is 0 Å². The van der Waals surface area contributed by atoms with Gasteiger partial charge in [-0.3, -0.25) is 0 Å². The lowest BCUT2D eigenvalue weighted by molar-refractivity contribution is -0.137. The Morgan fingerprint density at radius 2 is 1.91 bits per heavy atom. The number of methoxy groups -OCH3 is 1. The van der Waals surface area contributed by atoms with Crippen molar-refractivity contribution in [2.45, 2.75) is 45.7 Å². The van der Waals surface area contributed by atoms with E-state index in [1.807, 2.05) is 31.2 Å². The van der Waals surface area contributed by atoms with E-state index in [2.05, 4.69) is 17.7 Å². The number of alkyl halides is 3. The van der Waals surface area contributed by atoms with E-state index in [1.165, 1.54) is 36.7 Å². The molecule has 0 aliphatic rings. The largest absolute Gasteiger partial charge is 0.466 e. The zero-order chi connectivity index (χ0) is 24.0. The Kier molecular flexibility index (Phi) is 8.14. The van der Waals surface area contributed by atoms with Gasteiger partial charge >= 0.3 is 12.1 Å². The lowest BCUT2D eigenvalue weighted by Crippen LogP contribution is -2.03. The van der Waals surface area contributed by atoms with Crippen molar-refractivity contribution in [2.75, 3.05) is 7.11 Å². The second-order valence-corrected chi connectivity index (χ2v) is 9.03. The molecule has 0 N–H and O–H groups in total. The highest BCUT2D eigenvalue weighted by Gasteiger charge is 2.31. The van der Waals surface area contributed by atoms with Gasteiger partial charge in [0.1, 0.15) is 0 Å². The van der Waals surface area contributed by atoms with Crippen molar-refractivity contribution in [1.82, 2.24) is 0 Å². The number of aryl methyl sites for hydroxylation is 2. The zero-order valence-electron chi connectivity index (χ0n) is 19.0. The molecule has 0 aliphatic heterocycles. The molecule has 1 aromatic heterocycles. The molecule has 0 atom stereocenters. The topological polar surface area (TPSA) is 26.3 Å². The van der Waals surface area contributed by atoms with Crippen molar-refractivity contribution in [3.05, 3.63) is 81.2 Å². The molecule has 0 spiro atoms. The van der Waals surface area contributed by atoms with Crippen LogP contribution in [0, 0.1) is 6.92 Å². The molecule has 3 rings (SSSR count). The fraction of sp³-hybridized carbons (Fsp3) is 0.296. The number of carbonyl (C=O) groups excluding carboxylic acids is 1. The van der Waals surface area contributed by atoms with Crippen LogP contribution < -0.4 is 0 Å². The maximum Gasteiger partial charge on any atom is 0.416 e. The van der Waals surface area contributed by atoms with Crippen LogP contribution >= 0.6 is 11.3 Å². The highest BCUT2D eigenvalue weighted by molar-refractivity contribution is 7.19. The third-order valence-corrected chi connectivity index (χ3v) is 6.71. The molecule has 0 unspecified atom stereocenters. The number of hydrogen-bond acceptors (Lipinski definition) is 3. The van der Waals surface area contributed by atoms with Crippen LogP contribution in [0.5, 0.6) is 0 Å². The fourth-order valence-corrected chi connectivity index (χ4v) is 4.95. The summed E-state index contributed by atoms with van der Waals surface area (Å²) in [5.74, 6) is -0.400. The highest BCUT2D eigenvalue weighted by atomic mass is 32.1. The molecule has 0 fully saturated rings. The summed E-state index contributed by atoms with van der Waals surface area (Å²) < 4.78 is 44.8. The second-order valence-electron chi connectivity index (χ2n) is 7.90. The van der Waals surface area contributed by atoms with Crippen molar-refractivity contribution in [2.24, 2.45) is 0 Å². The van der Waals surface area contributed by atoms with Gasteiger partial charge in [0.25, 0.3) is 0 Å². The standard InChI is InChI=1S/C27H27F3O2S/c1-4-5-8-22-23-14-13-21(27(28,29)30)17-25(23)33-24(22)9-6-7-19-10-11-20(18(2)16-19)12-15-26(31)32-3/h6-7,10-17H,4-5,8-9H2,1-3H3. The Balaban J connectivity index is 1.82. The van der Waals surface area contributed by atoms with Gasteiger partial charge in [-0.25, -0.2) is 4.79 Å². The van der Waals surface area contributed by atoms with Gasteiger partial charge in [-0.1, -0.05) is 49.8 Å². The Morgan fingerprint density at radius 1 is 1.12 bits per heavy atom. The molecule has 174 valence electrons. The molecular weight excluding hydrogens is 445 g/mol. The highest BCUT2D eigenvalue weighted by Crippen LogP contribution is 2.38. The molecule has 33 heavy (non-hydrogen) atoms. The van der Waals surface area contributed by atoms with Crippen LogP contribution in [-0.2, 0) is 28.5 Å². The first-order valence-electron chi connectivity index (χ1n) is 10.9. The number of halogens is 3. The predicted octanol–water partition coefficient (Wildman–Crippen LogP) is 8.01. The average Bonchev–Trinajstić information content (AvgIpc) is 3.12. The van der Waals surface area contributed by atoms with Crippen molar-refractivity contribution >= 4 is 39.5 Å². The zero-order valence-corrected chi connectivity index (χ0v) is 19.8. The minimum atomic E-state index is -4.34. The van der Waals surface area contributed by atoms with E-state index < -0.39 is 17.7 Å². The van der Waals surface area contributed by atoms with Crippen LogP contribution in [0.15, 0.2) is 48.6 Å². The summed E-state index contributed by atoms with van der Waals surface area (Å²) in [7, 11) is 1.34. The lowest BCUT2D eigenvalue weighted by atomic mass is 10.0. The summed E-state index contributed by atoms with van der Waals surface area (Å²) in [6.07, 6.45) is 6.43. The Bertz CT molecular complexity index is 1190. The van der Waals surface area contributed by atoms with Gasteiger partial charge in [0.05, 0.1) is 12.7 Å². The van der Waals surface area contributed by atoms with E-state index in [0.29, 0.717) is 11.1 Å². The van der Waals surface area contributed by atoms with Gasteiger partial charge in [-0.2, -0.15) is 13.2 Å². The van der Waals surface area contributed by atoms with Crippen molar-refractivity contribution in [3.8, 4) is 0 Å². The third kappa shape index (κ3) is 6.35. The summed E-state index contributed by atoms with van der Waals surface area (Å²) in [5.41, 5.74) is 3.55. The number of rotatable bonds is 8. The first-order chi connectivity index (χ1) is 15.7. The van der Waals surface area contributed by atoms with E-state index in [9.17, 15) is 18.0 Å². The van der Waals surface area contributed by atoms with Crippen LogP contribution in [0.25, 0.3) is 22.2 Å². The molecule has 1 heterocycles. The minimum absolute atomic E-state index is 0.400. The fourth-order valence-electron chi connectivity index (χ4n) is 3.69. The molecule has 0 saturated heterocycles. The summed E-state index contributed by atoms with van der Waals surface area (Å²) in [5, 5.41) is 0.933. The van der Waals surface area contributed by atoms with E-state index >= 15 is 0 Å². The summed E-state index contributed by atoms with van der Waals surface area (Å²) >= 11 is 1.45. The molecule has 0 aliphatic carbocycles. The summed E-state index contributed by atoms with van der Waals surface area (Å²) in [6, 6.07) is 10.0. The van der Waals surface area contributed by atoms with Crippen LogP contribution in [0.1, 0.15) is 52.5 Å². The Morgan fingerprint density at radius 3 is 2.58 bits per heavy atom. The molecular formula is C27H27F3O2S. The molecule has 0 radical (unpaired) electrons. The quantitative estimate of drug-likeness (QED) is 0.245. The first kappa shape index (κ1) is 24.8. The number of ether oxygens (including phenoxy) is 1. The maximum absolute atomic E-state index is 13.1. The number of unbranched alkanes of at least 4 members (excludes halogenated alkanes) is 1. The third-order valence-electron chi connectivity index (χ3n) is 5.49. The molecule has 0 saturated carbocycles. The smallest absolute Gasteiger partial charge is 0.416 e. The van der Waals surface area contributed by atoms with Gasteiger partial charge in [-0.15, -0.1) is 11.3 Å². The van der Waals surface area contributed by atoms with Gasteiger partial charge in [0.15, 0.2) is 0 Å². The van der Waals surface area contributed by atoms with E-state index in [-0.39, 0.29) is 0 Å². The monoisotopic (exact) mass is 472 g/mol. The second kappa shape index (κ2) is 10.8. The summed E-state index contributed by atoms with van der Waals surface area (Å²) in [6.45, 7) is 4.09. The predicted molar refractivity (Wildman–Crippen MR) is 130 cm³/mol. The molecule has 2 nitrogen and oxygen atoms in total. The van der Waals surface area contributed by atoms with Crippen molar-refractivity contribution in [3.63, 3.8) is 0 Å². The van der Waals surface area contributed by atoms with Crippen LogP contribution in [-0.4, -0.2) is 13.1 Å². The van der Waals surface area contributed by atoms with Crippen LogP contribution in [0.2, 0.25) is 0 Å². The number of thiophene rings is 1. The van der Waals surface area contributed by atoms with Gasteiger partial charge in [0.2, 0.25) is 0 Å².